The molecule has 0 bridgehead atoms. The van der Waals surface area contributed by atoms with Crippen LogP contribution in [-0.2, 0) is 5.60 Å². The van der Waals surface area contributed by atoms with Crippen molar-refractivity contribution in [2.75, 3.05) is 20.1 Å². The lowest BCUT2D eigenvalue weighted by Gasteiger charge is -2.37. The fourth-order valence-corrected chi connectivity index (χ4v) is 3.09. The van der Waals surface area contributed by atoms with Crippen molar-refractivity contribution in [1.29, 1.82) is 0 Å². The number of β-amino-alcohol motifs (C(OH)–C–C–N with tert-alkyl or cyclic N) is 1. The summed E-state index contributed by atoms with van der Waals surface area (Å²) in [6.07, 6.45) is 1.90. The van der Waals surface area contributed by atoms with Crippen molar-refractivity contribution in [3.8, 4) is 11.1 Å². The highest BCUT2D eigenvalue weighted by Gasteiger charge is 2.33. The topological polar surface area (TPSA) is 23.5 Å². The monoisotopic (exact) mass is 267 g/mol. The zero-order chi connectivity index (χ0) is 14.0. The van der Waals surface area contributed by atoms with E-state index in [2.05, 4.69) is 48.3 Å². The van der Waals surface area contributed by atoms with Crippen molar-refractivity contribution in [3.63, 3.8) is 0 Å². The van der Waals surface area contributed by atoms with Gasteiger partial charge in [0.2, 0.25) is 0 Å². The molecule has 2 nitrogen and oxygen atoms in total. The standard InChI is InChI=1S/C18H21NO/c1-19-13-5-12-18(20,14-19)17-10-8-16(9-11-17)15-6-3-2-4-7-15/h2-4,6-11,20H,5,12-14H2,1H3. The maximum absolute atomic E-state index is 10.8. The zero-order valence-corrected chi connectivity index (χ0v) is 11.9. The predicted octanol–water partition coefficient (Wildman–Crippen LogP) is 3.27. The third-order valence-electron chi connectivity index (χ3n) is 4.19. The van der Waals surface area contributed by atoms with Crippen molar-refractivity contribution < 1.29 is 5.11 Å². The molecule has 1 atom stereocenters. The molecule has 104 valence electrons. The molecular weight excluding hydrogens is 246 g/mol. The maximum atomic E-state index is 10.8. The number of aliphatic hydroxyl groups is 1. The molecule has 3 rings (SSSR count). The number of piperidine rings is 1. The van der Waals surface area contributed by atoms with Crippen LogP contribution in [0.2, 0.25) is 0 Å². The second-order valence-electron chi connectivity index (χ2n) is 5.82. The molecule has 1 aliphatic rings. The summed E-state index contributed by atoms with van der Waals surface area (Å²) in [7, 11) is 2.07. The van der Waals surface area contributed by atoms with Gasteiger partial charge in [-0.05, 0) is 43.1 Å². The molecule has 2 heteroatoms. The van der Waals surface area contributed by atoms with Gasteiger partial charge in [-0.3, -0.25) is 0 Å². The summed E-state index contributed by atoms with van der Waals surface area (Å²) in [5, 5.41) is 10.8. The molecule has 0 spiro atoms. The Bertz CT molecular complexity index is 564. The molecule has 1 saturated heterocycles. The summed E-state index contributed by atoms with van der Waals surface area (Å²) in [6.45, 7) is 1.79. The first-order chi connectivity index (χ1) is 9.67. The van der Waals surface area contributed by atoms with Crippen LogP contribution in [0.3, 0.4) is 0 Å². The van der Waals surface area contributed by atoms with Crippen LogP contribution >= 0.6 is 0 Å². The van der Waals surface area contributed by atoms with Crippen LogP contribution in [0.1, 0.15) is 18.4 Å². The molecule has 2 aromatic carbocycles. The van der Waals surface area contributed by atoms with Gasteiger partial charge in [0.15, 0.2) is 0 Å². The summed E-state index contributed by atoms with van der Waals surface area (Å²) in [4.78, 5) is 2.20. The second-order valence-corrected chi connectivity index (χ2v) is 5.82. The highest BCUT2D eigenvalue weighted by Crippen LogP contribution is 2.32. The minimum Gasteiger partial charge on any atom is -0.384 e. The van der Waals surface area contributed by atoms with E-state index in [-0.39, 0.29) is 0 Å². The lowest BCUT2D eigenvalue weighted by Crippen LogP contribution is -2.44. The average Bonchev–Trinajstić information content (AvgIpc) is 2.48. The first-order valence-corrected chi connectivity index (χ1v) is 7.24. The van der Waals surface area contributed by atoms with Gasteiger partial charge in [-0.25, -0.2) is 0 Å². The number of likely N-dealkylation sites (N-methyl/N-ethyl adjacent to an activating group) is 1. The lowest BCUT2D eigenvalue weighted by molar-refractivity contribution is -0.0277. The van der Waals surface area contributed by atoms with Gasteiger partial charge >= 0.3 is 0 Å². The van der Waals surface area contributed by atoms with E-state index in [0.717, 1.165) is 31.5 Å². The van der Waals surface area contributed by atoms with Crippen LogP contribution in [0.4, 0.5) is 0 Å². The molecule has 0 saturated carbocycles. The number of nitrogens with zero attached hydrogens (tertiary/aromatic N) is 1. The molecule has 0 aliphatic carbocycles. The van der Waals surface area contributed by atoms with Crippen molar-refractivity contribution in [2.45, 2.75) is 18.4 Å². The molecule has 1 N–H and O–H groups in total. The molecular formula is C18H21NO. The third-order valence-corrected chi connectivity index (χ3v) is 4.19. The van der Waals surface area contributed by atoms with E-state index in [1.807, 2.05) is 18.2 Å². The van der Waals surface area contributed by atoms with Crippen LogP contribution in [-0.4, -0.2) is 30.1 Å². The fraction of sp³-hybridized carbons (Fsp3) is 0.333. The first-order valence-electron chi connectivity index (χ1n) is 7.24. The van der Waals surface area contributed by atoms with Gasteiger partial charge < -0.3 is 10.0 Å². The minimum atomic E-state index is -0.692. The maximum Gasteiger partial charge on any atom is 0.102 e. The Morgan fingerprint density at radius 3 is 2.25 bits per heavy atom. The van der Waals surface area contributed by atoms with E-state index < -0.39 is 5.60 Å². The summed E-state index contributed by atoms with van der Waals surface area (Å²) < 4.78 is 0. The van der Waals surface area contributed by atoms with Crippen LogP contribution in [0.25, 0.3) is 11.1 Å². The number of hydrogen-bond acceptors (Lipinski definition) is 2. The van der Waals surface area contributed by atoms with Crippen LogP contribution in [0.5, 0.6) is 0 Å². The average molecular weight is 267 g/mol. The Hall–Kier alpha value is -1.64. The normalized spacial score (nSPS) is 23.7. The fourth-order valence-electron chi connectivity index (χ4n) is 3.09. The Morgan fingerprint density at radius 1 is 0.950 bits per heavy atom. The highest BCUT2D eigenvalue weighted by atomic mass is 16.3. The minimum absolute atomic E-state index is 0.692. The quantitative estimate of drug-likeness (QED) is 0.902. The van der Waals surface area contributed by atoms with Gasteiger partial charge in [0.1, 0.15) is 5.60 Å². The number of benzene rings is 2. The molecule has 1 aliphatic heterocycles. The molecule has 0 amide bonds. The Balaban J connectivity index is 1.86. The van der Waals surface area contributed by atoms with Gasteiger partial charge in [0.05, 0.1) is 0 Å². The van der Waals surface area contributed by atoms with Crippen molar-refractivity contribution in [3.05, 3.63) is 60.2 Å². The summed E-state index contributed by atoms with van der Waals surface area (Å²) >= 11 is 0. The molecule has 1 unspecified atom stereocenters. The van der Waals surface area contributed by atoms with Crippen LogP contribution in [0.15, 0.2) is 54.6 Å². The summed E-state index contributed by atoms with van der Waals surface area (Å²) in [5.41, 5.74) is 2.75. The molecule has 1 heterocycles. The Morgan fingerprint density at radius 2 is 1.60 bits per heavy atom. The van der Waals surface area contributed by atoms with E-state index in [9.17, 15) is 5.11 Å². The molecule has 2 aromatic rings. The Kier molecular flexibility index (Phi) is 3.60. The highest BCUT2D eigenvalue weighted by molar-refractivity contribution is 5.63. The van der Waals surface area contributed by atoms with E-state index in [4.69, 9.17) is 0 Å². The molecule has 0 aromatic heterocycles. The van der Waals surface area contributed by atoms with Gasteiger partial charge in [0, 0.05) is 6.54 Å². The van der Waals surface area contributed by atoms with Crippen molar-refractivity contribution in [1.82, 2.24) is 4.90 Å². The Labute approximate surface area is 120 Å². The van der Waals surface area contributed by atoms with E-state index in [1.54, 1.807) is 0 Å². The number of hydrogen-bond donors (Lipinski definition) is 1. The predicted molar refractivity (Wildman–Crippen MR) is 82.5 cm³/mol. The van der Waals surface area contributed by atoms with Crippen molar-refractivity contribution >= 4 is 0 Å². The second kappa shape index (κ2) is 5.39. The first kappa shape index (κ1) is 13.3. The third kappa shape index (κ3) is 2.62. The van der Waals surface area contributed by atoms with E-state index in [0.29, 0.717) is 0 Å². The van der Waals surface area contributed by atoms with Gasteiger partial charge in [-0.1, -0.05) is 54.6 Å². The lowest BCUT2D eigenvalue weighted by atomic mass is 9.85. The van der Waals surface area contributed by atoms with Crippen molar-refractivity contribution in [2.24, 2.45) is 0 Å². The number of likely N-dealkylation sites (tertiary alicyclic amines) is 1. The van der Waals surface area contributed by atoms with Gasteiger partial charge in [-0.2, -0.15) is 0 Å². The zero-order valence-electron chi connectivity index (χ0n) is 11.9. The summed E-state index contributed by atoms with van der Waals surface area (Å²) in [5.74, 6) is 0. The van der Waals surface area contributed by atoms with E-state index in [1.165, 1.54) is 11.1 Å². The van der Waals surface area contributed by atoms with Gasteiger partial charge in [0.25, 0.3) is 0 Å². The smallest absolute Gasteiger partial charge is 0.102 e. The molecule has 1 fully saturated rings. The van der Waals surface area contributed by atoms with E-state index >= 15 is 0 Å². The van der Waals surface area contributed by atoms with Gasteiger partial charge in [-0.15, -0.1) is 0 Å². The number of rotatable bonds is 2. The van der Waals surface area contributed by atoms with Crippen LogP contribution in [0, 0.1) is 0 Å². The summed E-state index contributed by atoms with van der Waals surface area (Å²) in [6, 6.07) is 18.7. The molecule has 20 heavy (non-hydrogen) atoms. The van der Waals surface area contributed by atoms with Crippen LogP contribution < -0.4 is 0 Å². The SMILES string of the molecule is CN1CCCC(O)(c2ccc(-c3ccccc3)cc2)C1. The largest absolute Gasteiger partial charge is 0.384 e. The molecule has 0 radical (unpaired) electrons.